The SMILES string of the molecule is O=c1cc(-c2cc(NCCOCCCCNCc3cc(F)c(OC(F)(F)F)c(F)c3)c3cn[nH]c3c2)cn[nH]1. The molecule has 0 bridgehead atoms. The number of ether oxygens (including phenoxy) is 2. The normalized spacial score (nSPS) is 11.7. The van der Waals surface area contributed by atoms with Crippen LogP contribution >= 0.6 is 0 Å². The smallest absolute Gasteiger partial charge is 0.399 e. The lowest BCUT2D eigenvalue weighted by atomic mass is 10.1. The van der Waals surface area contributed by atoms with Gasteiger partial charge in [-0.15, -0.1) is 13.2 Å². The molecule has 4 aromatic rings. The molecular formula is C25H25F5N6O3. The Kier molecular flexibility index (Phi) is 9.09. The van der Waals surface area contributed by atoms with Crippen LogP contribution in [0.15, 0.2) is 47.5 Å². The molecule has 208 valence electrons. The third kappa shape index (κ3) is 7.97. The minimum Gasteiger partial charge on any atom is -0.399 e. The van der Waals surface area contributed by atoms with E-state index in [2.05, 4.69) is 35.8 Å². The summed E-state index contributed by atoms with van der Waals surface area (Å²) in [7, 11) is 0. The van der Waals surface area contributed by atoms with Crippen LogP contribution in [0.1, 0.15) is 18.4 Å². The zero-order chi connectivity index (χ0) is 27.8. The van der Waals surface area contributed by atoms with Crippen LogP contribution in [0.25, 0.3) is 22.0 Å². The summed E-state index contributed by atoms with van der Waals surface area (Å²) in [6, 6.07) is 6.87. The van der Waals surface area contributed by atoms with Crippen molar-refractivity contribution < 1.29 is 31.4 Å². The van der Waals surface area contributed by atoms with Gasteiger partial charge in [0.15, 0.2) is 11.6 Å². The standard InChI is InChI=1S/C25H25F5N6O3/c26-19-7-15(8-20(27)24(19)39-25(28,29)30)12-31-3-1-2-5-38-6-4-32-21-9-16(10-22-18(21)14-34-35-22)17-11-23(37)36-33-13-17/h7-11,13-14,31-32H,1-6,12H2,(H,34,35)(H,36,37). The van der Waals surface area contributed by atoms with Gasteiger partial charge in [-0.05, 0) is 54.8 Å². The minimum absolute atomic E-state index is 0.0832. The minimum atomic E-state index is -5.18. The molecule has 9 nitrogen and oxygen atoms in total. The van der Waals surface area contributed by atoms with E-state index < -0.39 is 23.7 Å². The second kappa shape index (κ2) is 12.7. The molecule has 0 aliphatic rings. The zero-order valence-electron chi connectivity index (χ0n) is 20.5. The molecule has 0 spiro atoms. The van der Waals surface area contributed by atoms with Gasteiger partial charge in [0, 0.05) is 42.4 Å². The summed E-state index contributed by atoms with van der Waals surface area (Å²) < 4.78 is 73.3. The van der Waals surface area contributed by atoms with Crippen molar-refractivity contribution in [1.82, 2.24) is 25.7 Å². The molecule has 2 aromatic heterocycles. The maximum Gasteiger partial charge on any atom is 0.573 e. The third-order valence-corrected chi connectivity index (χ3v) is 5.62. The average Bonchev–Trinajstić information content (AvgIpc) is 3.36. The number of anilines is 1. The van der Waals surface area contributed by atoms with Gasteiger partial charge < -0.3 is 20.1 Å². The van der Waals surface area contributed by atoms with E-state index in [1.165, 1.54) is 6.07 Å². The number of hydrogen-bond donors (Lipinski definition) is 4. The van der Waals surface area contributed by atoms with E-state index in [1.807, 2.05) is 12.1 Å². The van der Waals surface area contributed by atoms with Crippen molar-refractivity contribution in [3.8, 4) is 16.9 Å². The molecule has 39 heavy (non-hydrogen) atoms. The highest BCUT2D eigenvalue weighted by atomic mass is 19.4. The van der Waals surface area contributed by atoms with Gasteiger partial charge in [0.1, 0.15) is 0 Å². The molecule has 0 saturated carbocycles. The van der Waals surface area contributed by atoms with Crippen LogP contribution in [0.5, 0.6) is 5.75 Å². The van der Waals surface area contributed by atoms with Crippen molar-refractivity contribution in [2.24, 2.45) is 0 Å². The van der Waals surface area contributed by atoms with Gasteiger partial charge in [-0.1, -0.05) is 0 Å². The summed E-state index contributed by atoms with van der Waals surface area (Å²) in [6.07, 6.45) is -0.458. The largest absolute Gasteiger partial charge is 0.573 e. The predicted octanol–water partition coefficient (Wildman–Crippen LogP) is 4.49. The fraction of sp³-hybridized carbons (Fsp3) is 0.320. The number of fused-ring (bicyclic) bond motifs is 1. The van der Waals surface area contributed by atoms with Crippen LogP contribution in [0.2, 0.25) is 0 Å². The van der Waals surface area contributed by atoms with Crippen LogP contribution in [-0.4, -0.2) is 53.1 Å². The molecule has 2 heterocycles. The van der Waals surface area contributed by atoms with Crippen LogP contribution < -0.4 is 20.9 Å². The van der Waals surface area contributed by atoms with E-state index in [1.54, 1.807) is 12.4 Å². The Bertz CT molecular complexity index is 1430. The molecule has 0 atom stereocenters. The molecular weight excluding hydrogens is 527 g/mol. The second-order valence-corrected chi connectivity index (χ2v) is 8.55. The highest BCUT2D eigenvalue weighted by Crippen LogP contribution is 2.30. The molecule has 0 radical (unpaired) electrons. The van der Waals surface area contributed by atoms with Gasteiger partial charge >= 0.3 is 6.36 Å². The fourth-order valence-electron chi connectivity index (χ4n) is 3.87. The Balaban J connectivity index is 1.15. The van der Waals surface area contributed by atoms with Crippen molar-refractivity contribution in [2.45, 2.75) is 25.7 Å². The monoisotopic (exact) mass is 552 g/mol. The van der Waals surface area contributed by atoms with Gasteiger partial charge in [0.2, 0.25) is 5.75 Å². The molecule has 14 heteroatoms. The van der Waals surface area contributed by atoms with E-state index in [0.29, 0.717) is 31.9 Å². The highest BCUT2D eigenvalue weighted by Gasteiger charge is 2.34. The number of nitrogens with one attached hydrogen (secondary N) is 4. The molecule has 0 amide bonds. The number of unbranched alkanes of at least 4 members (excludes halogenated alkanes) is 1. The van der Waals surface area contributed by atoms with Crippen molar-refractivity contribution >= 4 is 16.6 Å². The number of rotatable bonds is 13. The van der Waals surface area contributed by atoms with Gasteiger partial charge in [-0.3, -0.25) is 9.89 Å². The molecule has 0 fully saturated rings. The molecule has 0 aliphatic carbocycles. The number of nitrogens with zero attached hydrogens (tertiary/aromatic N) is 2. The summed E-state index contributed by atoms with van der Waals surface area (Å²) in [5.41, 5.74) is 2.97. The lowest BCUT2D eigenvalue weighted by Crippen LogP contribution is -2.20. The molecule has 0 aliphatic heterocycles. The Morgan fingerprint density at radius 2 is 1.64 bits per heavy atom. The molecule has 0 unspecified atom stereocenters. The number of aromatic amines is 2. The van der Waals surface area contributed by atoms with E-state index in [-0.39, 0.29) is 17.7 Å². The Hall–Kier alpha value is -4.04. The predicted molar refractivity (Wildman–Crippen MR) is 133 cm³/mol. The second-order valence-electron chi connectivity index (χ2n) is 8.55. The average molecular weight is 553 g/mol. The molecule has 0 saturated heterocycles. The Labute approximate surface area is 218 Å². The summed E-state index contributed by atoms with van der Waals surface area (Å²) in [4.78, 5) is 11.6. The lowest BCUT2D eigenvalue weighted by molar-refractivity contribution is -0.276. The summed E-state index contributed by atoms with van der Waals surface area (Å²) in [5, 5.41) is 20.4. The van der Waals surface area contributed by atoms with Crippen LogP contribution in [-0.2, 0) is 11.3 Å². The number of hydrogen-bond acceptors (Lipinski definition) is 7. The number of halogens is 5. The number of benzene rings is 2. The Morgan fingerprint density at radius 3 is 2.38 bits per heavy atom. The number of alkyl halides is 3. The van der Waals surface area contributed by atoms with Crippen molar-refractivity contribution in [2.75, 3.05) is 31.6 Å². The maximum absolute atomic E-state index is 13.8. The first-order chi connectivity index (χ1) is 18.7. The third-order valence-electron chi connectivity index (χ3n) is 5.62. The van der Waals surface area contributed by atoms with Crippen LogP contribution in [0, 0.1) is 11.6 Å². The first kappa shape index (κ1) is 28.0. The number of H-pyrrole nitrogens is 2. The van der Waals surface area contributed by atoms with Crippen molar-refractivity contribution in [1.29, 1.82) is 0 Å². The van der Waals surface area contributed by atoms with Gasteiger partial charge in [-0.25, -0.2) is 13.9 Å². The van der Waals surface area contributed by atoms with Gasteiger partial charge in [0.05, 0.1) is 24.5 Å². The lowest BCUT2D eigenvalue weighted by Gasteiger charge is -2.12. The summed E-state index contributed by atoms with van der Waals surface area (Å²) in [5.74, 6) is -4.30. The topological polar surface area (TPSA) is 117 Å². The molecule has 4 rings (SSSR count). The van der Waals surface area contributed by atoms with Gasteiger partial charge in [-0.2, -0.15) is 10.2 Å². The first-order valence-corrected chi connectivity index (χ1v) is 12.0. The van der Waals surface area contributed by atoms with E-state index in [9.17, 15) is 26.7 Å². The summed E-state index contributed by atoms with van der Waals surface area (Å²) in [6.45, 7) is 2.07. The maximum atomic E-state index is 13.8. The van der Waals surface area contributed by atoms with Crippen LogP contribution in [0.3, 0.4) is 0 Å². The van der Waals surface area contributed by atoms with Crippen LogP contribution in [0.4, 0.5) is 27.6 Å². The number of aromatic nitrogens is 4. The molecule has 2 aromatic carbocycles. The highest BCUT2D eigenvalue weighted by molar-refractivity contribution is 5.95. The quantitative estimate of drug-likeness (QED) is 0.143. The first-order valence-electron chi connectivity index (χ1n) is 12.0. The van der Waals surface area contributed by atoms with Crippen molar-refractivity contribution in [3.63, 3.8) is 0 Å². The van der Waals surface area contributed by atoms with E-state index in [0.717, 1.165) is 47.1 Å². The van der Waals surface area contributed by atoms with E-state index in [4.69, 9.17) is 4.74 Å². The molecule has 4 N–H and O–H groups in total. The van der Waals surface area contributed by atoms with Crippen molar-refractivity contribution in [3.05, 3.63) is 70.3 Å². The van der Waals surface area contributed by atoms with Gasteiger partial charge in [0.25, 0.3) is 5.56 Å². The van der Waals surface area contributed by atoms with E-state index >= 15 is 0 Å². The Morgan fingerprint density at radius 1 is 0.872 bits per heavy atom. The zero-order valence-corrected chi connectivity index (χ0v) is 20.5. The summed E-state index contributed by atoms with van der Waals surface area (Å²) >= 11 is 0. The fourth-order valence-corrected chi connectivity index (χ4v) is 3.87.